The average Bonchev–Trinajstić information content (AvgIpc) is 2.95. The van der Waals surface area contributed by atoms with Gasteiger partial charge >= 0.3 is 5.69 Å². The lowest BCUT2D eigenvalue weighted by Gasteiger charge is -2.07. The van der Waals surface area contributed by atoms with E-state index in [1.165, 1.54) is 10.5 Å². The Kier molecular flexibility index (Phi) is 2.92. The third-order valence-electron chi connectivity index (χ3n) is 3.95. The molecule has 0 saturated heterocycles. The van der Waals surface area contributed by atoms with Crippen LogP contribution in [0, 0.1) is 0 Å². The summed E-state index contributed by atoms with van der Waals surface area (Å²) < 4.78 is 1.43. The second-order valence-corrected chi connectivity index (χ2v) is 5.34. The van der Waals surface area contributed by atoms with Gasteiger partial charge in [-0.15, -0.1) is 0 Å². The molecule has 6 nitrogen and oxygen atoms in total. The first-order chi connectivity index (χ1) is 11.2. The van der Waals surface area contributed by atoms with Gasteiger partial charge in [0.15, 0.2) is 5.65 Å². The molecule has 0 saturated carbocycles. The Morgan fingerprint density at radius 1 is 1.04 bits per heavy atom. The number of nitrogens with zero attached hydrogens (tertiary/aromatic N) is 2. The minimum atomic E-state index is -0.349. The molecule has 0 aliphatic carbocycles. The molecule has 4 rings (SSSR count). The summed E-state index contributed by atoms with van der Waals surface area (Å²) in [6.07, 6.45) is 0. The summed E-state index contributed by atoms with van der Waals surface area (Å²) in [5, 5.41) is 26.1. The van der Waals surface area contributed by atoms with Gasteiger partial charge in [-0.1, -0.05) is 30.3 Å². The van der Waals surface area contributed by atoms with Gasteiger partial charge in [-0.2, -0.15) is 5.10 Å². The van der Waals surface area contributed by atoms with E-state index in [1.54, 1.807) is 6.07 Å². The van der Waals surface area contributed by atoms with Crippen molar-refractivity contribution in [3.63, 3.8) is 0 Å². The highest BCUT2D eigenvalue weighted by Crippen LogP contribution is 2.30. The Morgan fingerprint density at radius 2 is 1.78 bits per heavy atom. The lowest BCUT2D eigenvalue weighted by atomic mass is 10.0. The van der Waals surface area contributed by atoms with Crippen molar-refractivity contribution in [1.29, 1.82) is 0 Å². The minimum Gasteiger partial charge on any atom is -0.507 e. The van der Waals surface area contributed by atoms with Gasteiger partial charge < -0.3 is 10.2 Å². The topological polar surface area (TPSA) is 90.6 Å². The zero-order chi connectivity index (χ0) is 16.0. The third-order valence-corrected chi connectivity index (χ3v) is 3.95. The molecule has 0 atom stereocenters. The molecule has 23 heavy (non-hydrogen) atoms. The van der Waals surface area contributed by atoms with Crippen LogP contribution < -0.4 is 5.69 Å². The van der Waals surface area contributed by atoms with Crippen LogP contribution in [0.3, 0.4) is 0 Å². The monoisotopic (exact) mass is 307 g/mol. The van der Waals surface area contributed by atoms with Crippen LogP contribution in [0.4, 0.5) is 0 Å². The van der Waals surface area contributed by atoms with Crippen LogP contribution in [0.1, 0.15) is 5.56 Å². The Hall–Kier alpha value is -3.12. The summed E-state index contributed by atoms with van der Waals surface area (Å²) in [6.45, 7) is -0.00307. The second kappa shape index (κ2) is 4.96. The van der Waals surface area contributed by atoms with E-state index in [2.05, 4.69) is 10.2 Å². The number of rotatable bonds is 2. The minimum absolute atomic E-state index is 0.00307. The lowest BCUT2D eigenvalue weighted by Crippen LogP contribution is -2.09. The predicted molar refractivity (Wildman–Crippen MR) is 86.3 cm³/mol. The van der Waals surface area contributed by atoms with Gasteiger partial charge in [0.2, 0.25) is 0 Å². The molecule has 0 aliphatic heterocycles. The predicted octanol–water partition coefficient (Wildman–Crippen LogP) is 2.04. The molecule has 0 aliphatic rings. The van der Waals surface area contributed by atoms with Crippen LogP contribution >= 0.6 is 0 Å². The molecule has 0 unspecified atom stereocenters. The molecule has 2 aromatic carbocycles. The van der Waals surface area contributed by atoms with Crippen molar-refractivity contribution in [3.8, 4) is 16.9 Å². The van der Waals surface area contributed by atoms with Crippen LogP contribution in [0.25, 0.3) is 27.7 Å². The van der Waals surface area contributed by atoms with E-state index < -0.39 is 0 Å². The zero-order valence-electron chi connectivity index (χ0n) is 12.0. The van der Waals surface area contributed by atoms with Crippen LogP contribution in [0.15, 0.2) is 53.3 Å². The lowest BCUT2D eigenvalue weighted by molar-refractivity contribution is 0.282. The van der Waals surface area contributed by atoms with E-state index in [0.717, 1.165) is 16.7 Å². The largest absolute Gasteiger partial charge is 0.507 e. The van der Waals surface area contributed by atoms with Gasteiger partial charge in [-0.05, 0) is 28.8 Å². The Bertz CT molecular complexity index is 1080. The molecule has 0 bridgehead atoms. The fourth-order valence-electron chi connectivity index (χ4n) is 2.75. The van der Waals surface area contributed by atoms with Crippen molar-refractivity contribution in [2.75, 3.05) is 0 Å². The highest BCUT2D eigenvalue weighted by atomic mass is 16.3. The number of H-pyrrole nitrogens is 1. The number of aliphatic hydroxyl groups is 1. The molecule has 0 spiro atoms. The highest BCUT2D eigenvalue weighted by molar-refractivity contribution is 5.91. The quantitative estimate of drug-likeness (QED) is 0.528. The zero-order valence-corrected chi connectivity index (χ0v) is 12.0. The van der Waals surface area contributed by atoms with Crippen molar-refractivity contribution in [3.05, 3.63) is 64.6 Å². The number of aromatic amines is 1. The number of aromatic hydroxyl groups is 1. The van der Waals surface area contributed by atoms with Gasteiger partial charge in [-0.25, -0.2) is 14.3 Å². The molecule has 114 valence electrons. The maximum atomic E-state index is 12.0. The van der Waals surface area contributed by atoms with Crippen molar-refractivity contribution in [2.45, 2.75) is 6.61 Å². The first kappa shape index (κ1) is 13.5. The number of aliphatic hydroxyl groups excluding tert-OH is 1. The molecule has 2 heterocycles. The summed E-state index contributed by atoms with van der Waals surface area (Å²) in [6, 6.07) is 14.5. The summed E-state index contributed by atoms with van der Waals surface area (Å²) in [7, 11) is 0. The first-order valence-corrected chi connectivity index (χ1v) is 7.10. The number of nitrogens with one attached hydrogen (secondary N) is 1. The van der Waals surface area contributed by atoms with E-state index in [9.17, 15) is 9.90 Å². The third kappa shape index (κ3) is 2.08. The SMILES string of the molecule is O=c1[nH]nc2cc(O)c3ccc(-c4ccc(CO)cc4)cc3n12. The molecule has 0 amide bonds. The molecular formula is C17H13N3O3. The standard InChI is InChI=1S/C17H13N3O3/c21-9-10-1-3-11(4-2-10)12-5-6-13-14(7-12)20-16(8-15(13)22)18-19-17(20)23/h1-8,21-22H,9H2,(H,19,23). The molecule has 0 radical (unpaired) electrons. The van der Waals surface area contributed by atoms with Crippen molar-refractivity contribution < 1.29 is 10.2 Å². The fourth-order valence-corrected chi connectivity index (χ4v) is 2.75. The van der Waals surface area contributed by atoms with Crippen LogP contribution in [0.5, 0.6) is 5.75 Å². The van der Waals surface area contributed by atoms with E-state index in [-0.39, 0.29) is 18.0 Å². The molecule has 3 N–H and O–H groups in total. The van der Waals surface area contributed by atoms with Crippen LogP contribution in [-0.2, 0) is 6.61 Å². The van der Waals surface area contributed by atoms with Crippen molar-refractivity contribution in [2.24, 2.45) is 0 Å². The van der Waals surface area contributed by atoms with Gasteiger partial charge in [0.05, 0.1) is 12.1 Å². The summed E-state index contributed by atoms with van der Waals surface area (Å²) in [5.41, 5.74) is 3.30. The molecule has 0 fully saturated rings. The Labute approximate surface area is 130 Å². The summed E-state index contributed by atoms with van der Waals surface area (Å²) >= 11 is 0. The van der Waals surface area contributed by atoms with Gasteiger partial charge in [0.1, 0.15) is 5.75 Å². The van der Waals surface area contributed by atoms with Crippen molar-refractivity contribution in [1.82, 2.24) is 14.6 Å². The van der Waals surface area contributed by atoms with Crippen LogP contribution in [0.2, 0.25) is 0 Å². The number of pyridine rings is 1. The van der Waals surface area contributed by atoms with E-state index in [0.29, 0.717) is 16.6 Å². The molecule has 4 aromatic rings. The van der Waals surface area contributed by atoms with Crippen molar-refractivity contribution >= 4 is 16.6 Å². The molecular weight excluding hydrogens is 294 g/mol. The Balaban J connectivity index is 2.00. The number of hydrogen-bond acceptors (Lipinski definition) is 4. The highest BCUT2D eigenvalue weighted by Gasteiger charge is 2.11. The van der Waals surface area contributed by atoms with Gasteiger partial charge in [0, 0.05) is 11.5 Å². The fraction of sp³-hybridized carbons (Fsp3) is 0.0588. The number of fused-ring (bicyclic) bond motifs is 3. The van der Waals surface area contributed by atoms with Gasteiger partial charge in [-0.3, -0.25) is 0 Å². The summed E-state index contributed by atoms with van der Waals surface area (Å²) in [4.78, 5) is 12.0. The number of hydrogen-bond donors (Lipinski definition) is 3. The van der Waals surface area contributed by atoms with E-state index in [1.807, 2.05) is 36.4 Å². The smallest absolute Gasteiger partial charge is 0.348 e. The molecule has 2 aromatic heterocycles. The van der Waals surface area contributed by atoms with Gasteiger partial charge in [0.25, 0.3) is 0 Å². The van der Waals surface area contributed by atoms with E-state index >= 15 is 0 Å². The average molecular weight is 307 g/mol. The Morgan fingerprint density at radius 3 is 2.52 bits per heavy atom. The van der Waals surface area contributed by atoms with E-state index in [4.69, 9.17) is 5.11 Å². The van der Waals surface area contributed by atoms with Crippen LogP contribution in [-0.4, -0.2) is 24.8 Å². The maximum absolute atomic E-state index is 12.0. The molecule has 6 heteroatoms. The first-order valence-electron chi connectivity index (χ1n) is 7.10. The number of benzene rings is 2. The maximum Gasteiger partial charge on any atom is 0.348 e. The number of aromatic nitrogens is 3. The normalized spacial score (nSPS) is 11.3. The summed E-state index contributed by atoms with van der Waals surface area (Å²) in [5.74, 6) is 0.0775. The second-order valence-electron chi connectivity index (χ2n) is 5.34.